The molecule has 0 aliphatic carbocycles. The molecule has 0 aromatic heterocycles. The topological polar surface area (TPSA) is 26.3 Å². The summed E-state index contributed by atoms with van der Waals surface area (Å²) < 4.78 is 4.75. The minimum atomic E-state index is -0.350. The molecule has 0 bridgehead atoms. The molecule has 11 heavy (non-hydrogen) atoms. The van der Waals surface area contributed by atoms with E-state index in [1.165, 1.54) is 0 Å². The van der Waals surface area contributed by atoms with Gasteiger partial charge in [0.05, 0.1) is 5.41 Å². The molecule has 63 valence electrons. The number of rotatable bonds is 3. The van der Waals surface area contributed by atoms with Gasteiger partial charge in [-0.05, 0) is 26.9 Å². The molecule has 2 nitrogen and oxygen atoms in total. The van der Waals surface area contributed by atoms with Gasteiger partial charge in [-0.15, -0.1) is 0 Å². The summed E-state index contributed by atoms with van der Waals surface area (Å²) >= 11 is 0. The molecule has 0 heterocycles. The van der Waals surface area contributed by atoms with Crippen LogP contribution in [0.4, 0.5) is 0 Å². The Morgan fingerprint density at radius 2 is 2.00 bits per heavy atom. The van der Waals surface area contributed by atoms with E-state index in [1.54, 1.807) is 0 Å². The molecule has 0 rings (SSSR count). The van der Waals surface area contributed by atoms with Crippen molar-refractivity contribution in [3.8, 4) is 0 Å². The Morgan fingerprint density at radius 3 is 2.27 bits per heavy atom. The second-order valence-electron chi connectivity index (χ2n) is 2.87. The molecule has 0 N–H and O–H groups in total. The maximum Gasteiger partial charge on any atom is 0.308 e. The Bertz CT molecular complexity index is 121. The third-order valence-corrected chi connectivity index (χ3v) is 1.67. The van der Waals surface area contributed by atoms with Crippen molar-refractivity contribution in [3.63, 3.8) is 0 Å². The zero-order valence-corrected chi connectivity index (χ0v) is 10.4. The van der Waals surface area contributed by atoms with Crippen LogP contribution < -0.4 is 0 Å². The fourth-order valence-electron chi connectivity index (χ4n) is 0.432. The van der Waals surface area contributed by atoms with Crippen molar-refractivity contribution in [3.05, 3.63) is 6.92 Å². The van der Waals surface area contributed by atoms with Crippen molar-refractivity contribution in [2.75, 3.05) is 6.61 Å². The number of esters is 1. The maximum atomic E-state index is 11.0. The Balaban J connectivity index is 0. The van der Waals surface area contributed by atoms with Crippen LogP contribution in [0.2, 0.25) is 0 Å². The fraction of sp³-hybridized carbons (Fsp3) is 0.750. The number of carbonyl (C=O) groups is 1. The van der Waals surface area contributed by atoms with Gasteiger partial charge in [0, 0.05) is 32.7 Å². The van der Waals surface area contributed by atoms with Crippen LogP contribution in [0.1, 0.15) is 27.2 Å². The number of carbonyl (C=O) groups excluding carboxylic acids is 1. The molecule has 0 amide bonds. The molecular weight excluding hydrogens is 217 g/mol. The summed E-state index contributed by atoms with van der Waals surface area (Å²) in [5.41, 5.74) is -0.350. The van der Waals surface area contributed by atoms with E-state index in [0.717, 1.165) is 6.42 Å². The average molecular weight is 232 g/mol. The van der Waals surface area contributed by atoms with Crippen LogP contribution in [0, 0.1) is 12.3 Å². The van der Waals surface area contributed by atoms with Crippen LogP contribution in [-0.4, -0.2) is 12.6 Å². The summed E-state index contributed by atoms with van der Waals surface area (Å²) in [5.74, 6) is -0.162. The predicted molar refractivity (Wildman–Crippen MR) is 40.4 cm³/mol. The Morgan fingerprint density at radius 1 is 1.55 bits per heavy atom. The van der Waals surface area contributed by atoms with E-state index < -0.39 is 0 Å². The number of ether oxygens (including phenoxy) is 1. The molecular formula is C8H15O2Y-. The van der Waals surface area contributed by atoms with Gasteiger partial charge >= 0.3 is 5.97 Å². The minimum Gasteiger partial charge on any atom is -0.498 e. The summed E-state index contributed by atoms with van der Waals surface area (Å²) in [6.07, 6.45) is 0.797. The predicted octanol–water partition coefficient (Wildman–Crippen LogP) is 1.80. The van der Waals surface area contributed by atoms with Gasteiger partial charge in [0.1, 0.15) is 0 Å². The third-order valence-electron chi connectivity index (χ3n) is 1.67. The second kappa shape index (κ2) is 6.13. The van der Waals surface area contributed by atoms with Crippen molar-refractivity contribution in [1.29, 1.82) is 0 Å². The molecule has 0 saturated carbocycles. The number of hydrogen-bond donors (Lipinski definition) is 0. The Kier molecular flexibility index (Phi) is 7.87. The first-order chi connectivity index (χ1) is 4.54. The molecule has 0 aromatic rings. The Labute approximate surface area is 94.0 Å². The van der Waals surface area contributed by atoms with Gasteiger partial charge < -0.3 is 11.7 Å². The molecule has 1 radical (unpaired) electrons. The van der Waals surface area contributed by atoms with Crippen molar-refractivity contribution >= 4 is 5.97 Å². The second-order valence-corrected chi connectivity index (χ2v) is 2.87. The van der Waals surface area contributed by atoms with Crippen molar-refractivity contribution < 1.29 is 42.2 Å². The smallest absolute Gasteiger partial charge is 0.308 e. The van der Waals surface area contributed by atoms with Gasteiger partial charge in [-0.1, -0.05) is 6.92 Å². The van der Waals surface area contributed by atoms with Crippen LogP contribution in [0.3, 0.4) is 0 Å². The summed E-state index contributed by atoms with van der Waals surface area (Å²) in [6, 6.07) is 0. The van der Waals surface area contributed by atoms with Gasteiger partial charge in [-0.25, -0.2) is 0 Å². The summed E-state index contributed by atoms with van der Waals surface area (Å²) in [7, 11) is 0. The fourth-order valence-corrected chi connectivity index (χ4v) is 0.432. The zero-order valence-electron chi connectivity index (χ0n) is 7.52. The van der Waals surface area contributed by atoms with Crippen molar-refractivity contribution in [1.82, 2.24) is 0 Å². The standard InChI is InChI=1S/C8H15O2.Y/c1-5-8(3,4)7(9)10-6-2;/h2,5-6H2,1,3-4H3;/q-1;. The summed E-state index contributed by atoms with van der Waals surface area (Å²) in [6.45, 7) is 9.35. The van der Waals surface area contributed by atoms with Gasteiger partial charge in [-0.3, -0.25) is 4.79 Å². The molecule has 0 aromatic carbocycles. The van der Waals surface area contributed by atoms with E-state index in [1.807, 2.05) is 20.8 Å². The normalized spacial score (nSPS) is 10.2. The van der Waals surface area contributed by atoms with Gasteiger partial charge in [0.25, 0.3) is 0 Å². The zero-order chi connectivity index (χ0) is 8.20. The largest absolute Gasteiger partial charge is 0.498 e. The summed E-state index contributed by atoms with van der Waals surface area (Å²) in [4.78, 5) is 11.0. The van der Waals surface area contributed by atoms with Crippen LogP contribution in [0.5, 0.6) is 0 Å². The van der Waals surface area contributed by atoms with Crippen LogP contribution >= 0.6 is 0 Å². The van der Waals surface area contributed by atoms with Crippen LogP contribution in [0.15, 0.2) is 0 Å². The van der Waals surface area contributed by atoms with Gasteiger partial charge in [-0.2, -0.15) is 0 Å². The quantitative estimate of drug-likeness (QED) is 0.547. The van der Waals surface area contributed by atoms with E-state index in [2.05, 4.69) is 6.92 Å². The minimum absolute atomic E-state index is 0. The van der Waals surface area contributed by atoms with Crippen molar-refractivity contribution in [2.45, 2.75) is 27.2 Å². The van der Waals surface area contributed by atoms with E-state index in [4.69, 9.17) is 4.74 Å². The average Bonchev–Trinajstić information content (AvgIpc) is 1.89. The first-order valence-electron chi connectivity index (χ1n) is 3.51. The summed E-state index contributed by atoms with van der Waals surface area (Å²) in [5, 5.41) is 0. The SMILES string of the molecule is [CH2-]COC(=O)C(C)(C)CC.[Y]. The molecule has 0 aliphatic heterocycles. The molecule has 0 spiro atoms. The monoisotopic (exact) mass is 232 g/mol. The first kappa shape index (κ1) is 14.1. The molecule has 3 heteroatoms. The van der Waals surface area contributed by atoms with Crippen LogP contribution in [0.25, 0.3) is 0 Å². The molecule has 0 unspecified atom stereocenters. The molecule has 0 fully saturated rings. The van der Waals surface area contributed by atoms with Gasteiger partial charge in [0.2, 0.25) is 0 Å². The van der Waals surface area contributed by atoms with E-state index in [9.17, 15) is 4.79 Å². The maximum absolute atomic E-state index is 11.0. The van der Waals surface area contributed by atoms with E-state index in [0.29, 0.717) is 0 Å². The number of hydrogen-bond acceptors (Lipinski definition) is 2. The third kappa shape index (κ3) is 4.92. The molecule has 0 aliphatic rings. The van der Waals surface area contributed by atoms with E-state index in [-0.39, 0.29) is 50.7 Å². The van der Waals surface area contributed by atoms with Crippen molar-refractivity contribution in [2.24, 2.45) is 5.41 Å². The molecule has 0 saturated heterocycles. The van der Waals surface area contributed by atoms with Gasteiger partial charge in [0.15, 0.2) is 0 Å². The van der Waals surface area contributed by atoms with Crippen LogP contribution in [-0.2, 0) is 42.2 Å². The molecule has 0 atom stereocenters. The first-order valence-corrected chi connectivity index (χ1v) is 3.51. The van der Waals surface area contributed by atoms with E-state index >= 15 is 0 Å². The Hall–Kier alpha value is 0.574.